The molecular formula is C20H20N2O4. The molecule has 0 aliphatic rings. The molecule has 3 rings (SSSR count). The maximum absolute atomic E-state index is 12.3. The van der Waals surface area contributed by atoms with Gasteiger partial charge in [-0.2, -0.15) is 0 Å². The van der Waals surface area contributed by atoms with Gasteiger partial charge in [0.15, 0.2) is 11.9 Å². The molecule has 0 saturated carbocycles. The van der Waals surface area contributed by atoms with Crippen LogP contribution in [0.5, 0.6) is 5.75 Å². The summed E-state index contributed by atoms with van der Waals surface area (Å²) in [6.07, 6.45) is -0.630. The minimum Gasteiger partial charge on any atom is -0.491 e. The average Bonchev–Trinajstić information content (AvgIpc) is 2.61. The standard InChI is InChI=1S/C20H20N2O4/c1-12(2)25-15-10-8-14(9-11-15)20(24)26-13(3)18-21-17-7-5-4-6-16(17)19(23)22-18/h4-13H,1-3H3,(H,21,22,23)/t13-/m1/s1. The van der Waals surface area contributed by atoms with Crippen molar-refractivity contribution in [3.05, 3.63) is 70.3 Å². The largest absolute Gasteiger partial charge is 0.491 e. The van der Waals surface area contributed by atoms with E-state index in [4.69, 9.17) is 9.47 Å². The third kappa shape index (κ3) is 3.91. The smallest absolute Gasteiger partial charge is 0.338 e. The lowest BCUT2D eigenvalue weighted by Gasteiger charge is -2.14. The number of fused-ring (bicyclic) bond motifs is 1. The summed E-state index contributed by atoms with van der Waals surface area (Å²) in [7, 11) is 0. The maximum Gasteiger partial charge on any atom is 0.338 e. The molecule has 0 aliphatic carbocycles. The summed E-state index contributed by atoms with van der Waals surface area (Å²) >= 11 is 0. The third-order valence-electron chi connectivity index (χ3n) is 3.76. The van der Waals surface area contributed by atoms with Gasteiger partial charge < -0.3 is 14.5 Å². The van der Waals surface area contributed by atoms with Gasteiger partial charge in [-0.15, -0.1) is 0 Å². The lowest BCUT2D eigenvalue weighted by molar-refractivity contribution is 0.0320. The molecule has 0 spiro atoms. The topological polar surface area (TPSA) is 81.3 Å². The summed E-state index contributed by atoms with van der Waals surface area (Å²) in [5.41, 5.74) is 0.698. The third-order valence-corrected chi connectivity index (χ3v) is 3.76. The van der Waals surface area contributed by atoms with Gasteiger partial charge >= 0.3 is 5.97 Å². The number of hydrogen-bond donors (Lipinski definition) is 1. The Bertz CT molecular complexity index is 977. The van der Waals surface area contributed by atoms with Crippen molar-refractivity contribution in [1.82, 2.24) is 9.97 Å². The van der Waals surface area contributed by atoms with Crippen molar-refractivity contribution in [2.45, 2.75) is 33.0 Å². The number of rotatable bonds is 5. The molecule has 0 aliphatic heterocycles. The molecular weight excluding hydrogens is 332 g/mol. The number of carbonyl (C=O) groups excluding carboxylic acids is 1. The molecule has 1 heterocycles. The Morgan fingerprint density at radius 1 is 1.04 bits per heavy atom. The van der Waals surface area contributed by atoms with Crippen molar-refractivity contribution < 1.29 is 14.3 Å². The molecule has 6 heteroatoms. The van der Waals surface area contributed by atoms with E-state index in [1.165, 1.54) is 0 Å². The number of para-hydroxylation sites is 1. The zero-order valence-corrected chi connectivity index (χ0v) is 14.9. The monoisotopic (exact) mass is 352 g/mol. The number of aromatic nitrogens is 2. The van der Waals surface area contributed by atoms with E-state index in [0.29, 0.717) is 28.0 Å². The summed E-state index contributed by atoms with van der Waals surface area (Å²) in [5, 5.41) is 0.496. The molecule has 1 atom stereocenters. The van der Waals surface area contributed by atoms with Crippen LogP contribution in [0.3, 0.4) is 0 Å². The highest BCUT2D eigenvalue weighted by molar-refractivity contribution is 5.89. The van der Waals surface area contributed by atoms with Crippen LogP contribution in [0.2, 0.25) is 0 Å². The number of H-pyrrole nitrogens is 1. The average molecular weight is 352 g/mol. The fraction of sp³-hybridized carbons (Fsp3) is 0.250. The molecule has 0 radical (unpaired) electrons. The molecule has 26 heavy (non-hydrogen) atoms. The Balaban J connectivity index is 1.76. The van der Waals surface area contributed by atoms with E-state index in [1.807, 2.05) is 13.8 Å². The van der Waals surface area contributed by atoms with Gasteiger partial charge in [-0.05, 0) is 57.2 Å². The van der Waals surface area contributed by atoms with Gasteiger partial charge in [-0.25, -0.2) is 9.78 Å². The maximum atomic E-state index is 12.3. The lowest BCUT2D eigenvalue weighted by atomic mass is 10.2. The second kappa shape index (κ2) is 7.39. The highest BCUT2D eigenvalue weighted by atomic mass is 16.5. The number of aromatic amines is 1. The van der Waals surface area contributed by atoms with Crippen LogP contribution in [0.15, 0.2) is 53.3 Å². The Kier molecular flexibility index (Phi) is 5.02. The van der Waals surface area contributed by atoms with Crippen molar-refractivity contribution in [3.63, 3.8) is 0 Å². The van der Waals surface area contributed by atoms with E-state index >= 15 is 0 Å². The van der Waals surface area contributed by atoms with Crippen LogP contribution in [-0.4, -0.2) is 22.0 Å². The number of hydrogen-bond acceptors (Lipinski definition) is 5. The van der Waals surface area contributed by atoms with Crippen LogP contribution >= 0.6 is 0 Å². The van der Waals surface area contributed by atoms with Gasteiger partial charge in [0, 0.05) is 0 Å². The van der Waals surface area contributed by atoms with Gasteiger partial charge in [-0.3, -0.25) is 4.79 Å². The predicted octanol–water partition coefficient (Wildman–Crippen LogP) is 3.63. The predicted molar refractivity (Wildman–Crippen MR) is 98.4 cm³/mol. The zero-order valence-electron chi connectivity index (χ0n) is 14.9. The molecule has 3 aromatic rings. The number of carbonyl (C=O) groups is 1. The van der Waals surface area contributed by atoms with Crippen molar-refractivity contribution in [1.29, 1.82) is 0 Å². The minimum absolute atomic E-state index is 0.0589. The first-order chi connectivity index (χ1) is 12.4. The lowest BCUT2D eigenvalue weighted by Crippen LogP contribution is -2.17. The summed E-state index contributed by atoms with van der Waals surface area (Å²) in [4.78, 5) is 31.5. The Morgan fingerprint density at radius 2 is 1.73 bits per heavy atom. The minimum atomic E-state index is -0.689. The van der Waals surface area contributed by atoms with Gasteiger partial charge in [0.25, 0.3) is 5.56 Å². The van der Waals surface area contributed by atoms with E-state index in [1.54, 1.807) is 55.5 Å². The first-order valence-electron chi connectivity index (χ1n) is 8.40. The summed E-state index contributed by atoms with van der Waals surface area (Å²) in [6, 6.07) is 13.7. The van der Waals surface area contributed by atoms with E-state index < -0.39 is 12.1 Å². The van der Waals surface area contributed by atoms with Crippen molar-refractivity contribution in [2.75, 3.05) is 0 Å². The first-order valence-corrected chi connectivity index (χ1v) is 8.40. The molecule has 1 aromatic heterocycles. The Morgan fingerprint density at radius 3 is 2.42 bits per heavy atom. The molecule has 134 valence electrons. The number of nitrogens with one attached hydrogen (secondary N) is 1. The molecule has 1 N–H and O–H groups in total. The van der Waals surface area contributed by atoms with Crippen LogP contribution in [0.4, 0.5) is 0 Å². The zero-order chi connectivity index (χ0) is 18.7. The SMILES string of the molecule is CC(C)Oc1ccc(C(=O)O[C@H](C)c2nc3ccccc3c(=O)[nH]2)cc1. The van der Waals surface area contributed by atoms with E-state index in [2.05, 4.69) is 9.97 Å². The molecule has 0 saturated heterocycles. The molecule has 0 fully saturated rings. The molecule has 2 aromatic carbocycles. The van der Waals surface area contributed by atoms with Gasteiger partial charge in [0.05, 0.1) is 22.6 Å². The van der Waals surface area contributed by atoms with Crippen molar-refractivity contribution in [2.24, 2.45) is 0 Å². The number of benzene rings is 2. The summed E-state index contributed by atoms with van der Waals surface area (Å²) in [6.45, 7) is 5.53. The van der Waals surface area contributed by atoms with E-state index in [9.17, 15) is 9.59 Å². The summed E-state index contributed by atoms with van der Waals surface area (Å²) in [5.74, 6) is 0.497. The number of nitrogens with zero attached hydrogens (tertiary/aromatic N) is 1. The van der Waals surface area contributed by atoms with Crippen molar-refractivity contribution in [3.8, 4) is 5.75 Å². The van der Waals surface area contributed by atoms with Gasteiger partial charge in [-0.1, -0.05) is 12.1 Å². The fourth-order valence-electron chi connectivity index (χ4n) is 2.52. The normalized spacial score (nSPS) is 12.2. The van der Waals surface area contributed by atoms with Crippen LogP contribution in [0.25, 0.3) is 10.9 Å². The van der Waals surface area contributed by atoms with Crippen LogP contribution in [0.1, 0.15) is 43.1 Å². The van der Waals surface area contributed by atoms with Gasteiger partial charge in [0.2, 0.25) is 0 Å². The summed E-state index contributed by atoms with van der Waals surface area (Å²) < 4.78 is 11.0. The van der Waals surface area contributed by atoms with Gasteiger partial charge in [0.1, 0.15) is 5.75 Å². The van der Waals surface area contributed by atoms with Crippen molar-refractivity contribution >= 4 is 16.9 Å². The second-order valence-electron chi connectivity index (χ2n) is 6.21. The van der Waals surface area contributed by atoms with E-state index in [0.717, 1.165) is 0 Å². The Labute approximate surface area is 150 Å². The molecule has 0 bridgehead atoms. The molecule has 0 amide bonds. The van der Waals surface area contributed by atoms with Crippen LogP contribution in [0, 0.1) is 0 Å². The second-order valence-corrected chi connectivity index (χ2v) is 6.21. The van der Waals surface area contributed by atoms with Crippen LogP contribution < -0.4 is 10.3 Å². The van der Waals surface area contributed by atoms with Crippen LogP contribution in [-0.2, 0) is 4.74 Å². The first kappa shape index (κ1) is 17.7. The highest BCUT2D eigenvalue weighted by Crippen LogP contribution is 2.19. The highest BCUT2D eigenvalue weighted by Gasteiger charge is 2.17. The number of ether oxygens (including phenoxy) is 2. The molecule has 0 unspecified atom stereocenters. The Hall–Kier alpha value is -3.15. The molecule has 6 nitrogen and oxygen atoms in total. The fourth-order valence-corrected chi connectivity index (χ4v) is 2.52. The quantitative estimate of drug-likeness (QED) is 0.709. The number of esters is 1. The van der Waals surface area contributed by atoms with E-state index in [-0.39, 0.29) is 11.7 Å².